The zero-order valence-electron chi connectivity index (χ0n) is 11.5. The maximum atomic E-state index is 5.72. The molecule has 3 heteroatoms. The van der Waals surface area contributed by atoms with Crippen LogP contribution in [-0.4, -0.2) is 24.6 Å². The highest BCUT2D eigenvalue weighted by Gasteiger charge is 2.28. The summed E-state index contributed by atoms with van der Waals surface area (Å²) < 4.78 is 5.46. The van der Waals surface area contributed by atoms with E-state index in [1.54, 1.807) is 7.11 Å². The predicted molar refractivity (Wildman–Crippen MR) is 74.6 cm³/mol. The topological polar surface area (TPSA) is 38.5 Å². The van der Waals surface area contributed by atoms with Gasteiger partial charge in [-0.15, -0.1) is 0 Å². The maximum absolute atomic E-state index is 5.72. The molecule has 1 saturated carbocycles. The molecule has 0 atom stereocenters. The summed E-state index contributed by atoms with van der Waals surface area (Å²) in [5, 5.41) is 0. The molecule has 1 aromatic carbocycles. The first-order valence-electron chi connectivity index (χ1n) is 6.88. The molecule has 3 nitrogen and oxygen atoms in total. The fourth-order valence-corrected chi connectivity index (χ4v) is 2.42. The van der Waals surface area contributed by atoms with E-state index < -0.39 is 0 Å². The van der Waals surface area contributed by atoms with Crippen LogP contribution in [0.3, 0.4) is 0 Å². The van der Waals surface area contributed by atoms with Crippen LogP contribution in [0.5, 0.6) is 5.75 Å². The summed E-state index contributed by atoms with van der Waals surface area (Å²) in [5.41, 5.74) is 8.16. The summed E-state index contributed by atoms with van der Waals surface area (Å²) in [6.07, 6.45) is 3.90. The normalized spacial score (nSPS) is 15.1. The highest BCUT2D eigenvalue weighted by atomic mass is 16.5. The van der Waals surface area contributed by atoms with Crippen molar-refractivity contribution in [3.05, 3.63) is 29.3 Å². The van der Waals surface area contributed by atoms with E-state index in [1.165, 1.54) is 36.9 Å². The first-order valence-corrected chi connectivity index (χ1v) is 6.88. The van der Waals surface area contributed by atoms with Crippen molar-refractivity contribution in [2.24, 2.45) is 5.73 Å². The third-order valence-corrected chi connectivity index (χ3v) is 3.53. The molecule has 1 aromatic rings. The van der Waals surface area contributed by atoms with Crippen molar-refractivity contribution in [1.82, 2.24) is 4.90 Å². The fraction of sp³-hybridized carbons (Fsp3) is 0.600. The van der Waals surface area contributed by atoms with E-state index in [0.29, 0.717) is 6.54 Å². The third-order valence-electron chi connectivity index (χ3n) is 3.53. The Bertz CT molecular complexity index is 388. The van der Waals surface area contributed by atoms with Crippen LogP contribution < -0.4 is 10.5 Å². The van der Waals surface area contributed by atoms with Gasteiger partial charge >= 0.3 is 0 Å². The van der Waals surface area contributed by atoms with Crippen molar-refractivity contribution in [2.45, 2.75) is 45.3 Å². The number of ether oxygens (including phenoxy) is 1. The number of rotatable bonds is 7. The summed E-state index contributed by atoms with van der Waals surface area (Å²) in [5.74, 6) is 0.981. The second-order valence-electron chi connectivity index (χ2n) is 5.05. The number of benzene rings is 1. The molecular formula is C15H24N2O. The molecule has 0 aromatic heterocycles. The average Bonchev–Trinajstić information content (AvgIpc) is 3.22. The molecule has 0 spiro atoms. The predicted octanol–water partition coefficient (Wildman–Crippen LogP) is 2.53. The molecule has 2 N–H and O–H groups in total. The molecule has 0 heterocycles. The summed E-state index contributed by atoms with van der Waals surface area (Å²) >= 11 is 0. The van der Waals surface area contributed by atoms with Gasteiger partial charge in [-0.05, 0) is 43.5 Å². The van der Waals surface area contributed by atoms with Crippen LogP contribution in [0.25, 0.3) is 0 Å². The molecule has 1 aliphatic rings. The van der Waals surface area contributed by atoms with Crippen molar-refractivity contribution in [3.8, 4) is 5.75 Å². The quantitative estimate of drug-likeness (QED) is 0.806. The minimum absolute atomic E-state index is 0.591. The Labute approximate surface area is 110 Å². The van der Waals surface area contributed by atoms with Crippen LogP contribution in [0.2, 0.25) is 0 Å². The lowest BCUT2D eigenvalue weighted by Gasteiger charge is -2.22. The highest BCUT2D eigenvalue weighted by molar-refractivity contribution is 5.37. The molecule has 0 unspecified atom stereocenters. The Kier molecular flexibility index (Phi) is 4.61. The van der Waals surface area contributed by atoms with E-state index in [0.717, 1.165) is 18.3 Å². The van der Waals surface area contributed by atoms with Crippen LogP contribution >= 0.6 is 0 Å². The minimum Gasteiger partial charge on any atom is -0.496 e. The number of nitrogens with zero attached hydrogens (tertiary/aromatic N) is 1. The number of nitrogens with two attached hydrogens (primary N) is 1. The van der Waals surface area contributed by atoms with E-state index in [4.69, 9.17) is 10.5 Å². The van der Waals surface area contributed by atoms with Crippen molar-refractivity contribution < 1.29 is 4.74 Å². The third kappa shape index (κ3) is 3.24. The highest BCUT2D eigenvalue weighted by Crippen LogP contribution is 2.30. The van der Waals surface area contributed by atoms with Gasteiger partial charge in [0.1, 0.15) is 5.75 Å². The standard InChI is InChI=1S/C15H24N2O/c1-3-8-17(14-5-6-14)11-13-9-12(10-16)4-7-15(13)18-2/h4,7,9,14H,3,5-6,8,10-11,16H2,1-2H3. The maximum Gasteiger partial charge on any atom is 0.123 e. The van der Waals surface area contributed by atoms with Crippen LogP contribution in [0, 0.1) is 0 Å². The molecular weight excluding hydrogens is 224 g/mol. The number of methoxy groups -OCH3 is 1. The van der Waals surface area contributed by atoms with Crippen molar-refractivity contribution in [3.63, 3.8) is 0 Å². The van der Waals surface area contributed by atoms with Gasteiger partial charge in [0, 0.05) is 24.7 Å². The molecule has 100 valence electrons. The van der Waals surface area contributed by atoms with E-state index in [9.17, 15) is 0 Å². The number of hydrogen-bond acceptors (Lipinski definition) is 3. The first kappa shape index (κ1) is 13.4. The fourth-order valence-electron chi connectivity index (χ4n) is 2.42. The van der Waals surface area contributed by atoms with Gasteiger partial charge in [0.05, 0.1) is 7.11 Å². The van der Waals surface area contributed by atoms with Gasteiger partial charge in [0.25, 0.3) is 0 Å². The van der Waals surface area contributed by atoms with E-state index in [-0.39, 0.29) is 0 Å². The second-order valence-corrected chi connectivity index (χ2v) is 5.05. The Morgan fingerprint density at radius 1 is 1.39 bits per heavy atom. The summed E-state index contributed by atoms with van der Waals surface area (Å²) in [6, 6.07) is 7.05. The zero-order valence-corrected chi connectivity index (χ0v) is 11.5. The van der Waals surface area contributed by atoms with E-state index in [2.05, 4.69) is 17.9 Å². The largest absolute Gasteiger partial charge is 0.496 e. The summed E-state index contributed by atoms with van der Waals surface area (Å²) in [4.78, 5) is 2.57. The van der Waals surface area contributed by atoms with E-state index >= 15 is 0 Å². The molecule has 0 amide bonds. The van der Waals surface area contributed by atoms with Gasteiger partial charge in [-0.25, -0.2) is 0 Å². The van der Waals surface area contributed by atoms with Crippen LogP contribution in [-0.2, 0) is 13.1 Å². The van der Waals surface area contributed by atoms with E-state index in [1.807, 2.05) is 12.1 Å². The van der Waals surface area contributed by atoms with Gasteiger partial charge in [-0.2, -0.15) is 0 Å². The molecule has 2 rings (SSSR count). The minimum atomic E-state index is 0.591. The Hall–Kier alpha value is -1.06. The molecule has 0 bridgehead atoms. The monoisotopic (exact) mass is 248 g/mol. The summed E-state index contributed by atoms with van der Waals surface area (Å²) in [6.45, 7) is 4.98. The van der Waals surface area contributed by atoms with Crippen molar-refractivity contribution >= 4 is 0 Å². The van der Waals surface area contributed by atoms with Crippen LogP contribution in [0.1, 0.15) is 37.3 Å². The van der Waals surface area contributed by atoms with Crippen LogP contribution in [0.4, 0.5) is 0 Å². The molecule has 1 fully saturated rings. The molecule has 0 aliphatic heterocycles. The molecule has 1 aliphatic carbocycles. The lowest BCUT2D eigenvalue weighted by molar-refractivity contribution is 0.251. The lowest BCUT2D eigenvalue weighted by atomic mass is 10.1. The molecule has 0 saturated heterocycles. The zero-order chi connectivity index (χ0) is 13.0. The van der Waals surface area contributed by atoms with Gasteiger partial charge in [-0.1, -0.05) is 13.0 Å². The summed E-state index contributed by atoms with van der Waals surface area (Å²) in [7, 11) is 1.74. The van der Waals surface area contributed by atoms with Gasteiger partial charge in [0.15, 0.2) is 0 Å². The van der Waals surface area contributed by atoms with Crippen LogP contribution in [0.15, 0.2) is 18.2 Å². The second kappa shape index (κ2) is 6.21. The van der Waals surface area contributed by atoms with Gasteiger partial charge in [0.2, 0.25) is 0 Å². The van der Waals surface area contributed by atoms with Crippen molar-refractivity contribution in [1.29, 1.82) is 0 Å². The van der Waals surface area contributed by atoms with Gasteiger partial charge in [-0.3, -0.25) is 4.90 Å². The van der Waals surface area contributed by atoms with Gasteiger partial charge < -0.3 is 10.5 Å². The Balaban J connectivity index is 2.14. The smallest absolute Gasteiger partial charge is 0.123 e. The number of hydrogen-bond donors (Lipinski definition) is 1. The SMILES string of the molecule is CCCN(Cc1cc(CN)ccc1OC)C1CC1. The average molecular weight is 248 g/mol. The Morgan fingerprint density at radius 2 is 2.17 bits per heavy atom. The first-order chi connectivity index (χ1) is 8.78. The Morgan fingerprint density at radius 3 is 2.72 bits per heavy atom. The van der Waals surface area contributed by atoms with Crippen molar-refractivity contribution in [2.75, 3.05) is 13.7 Å². The lowest BCUT2D eigenvalue weighted by Crippen LogP contribution is -2.26. The molecule has 18 heavy (non-hydrogen) atoms. The molecule has 0 radical (unpaired) electrons.